The van der Waals surface area contributed by atoms with E-state index in [4.69, 9.17) is 0 Å². The lowest BCUT2D eigenvalue weighted by atomic mass is 10.1. The van der Waals surface area contributed by atoms with Crippen molar-refractivity contribution in [1.82, 2.24) is 0 Å². The molecule has 14 heavy (non-hydrogen) atoms. The summed E-state index contributed by atoms with van der Waals surface area (Å²) in [5.74, 6) is 0. The van der Waals surface area contributed by atoms with Crippen molar-refractivity contribution in [1.29, 1.82) is 0 Å². The minimum Gasteiger partial charge on any atom is -0.150 e. The molecule has 0 saturated heterocycles. The molecule has 0 radical (unpaired) electrons. The van der Waals surface area contributed by atoms with E-state index in [1.165, 1.54) is 0 Å². The van der Waals surface area contributed by atoms with Gasteiger partial charge in [-0.15, -0.1) is 0 Å². The molecule has 0 spiro atoms. The van der Waals surface area contributed by atoms with Crippen LogP contribution in [0.4, 0.5) is 0 Å². The maximum Gasteiger partial charge on any atom is 0.107 e. The molecule has 0 heterocycles. The molecule has 0 saturated carbocycles. The fourth-order valence-electron chi connectivity index (χ4n) is 1.53. The summed E-state index contributed by atoms with van der Waals surface area (Å²) in [6.45, 7) is 0.230. The zero-order chi connectivity index (χ0) is 9.97. The molecule has 2 rings (SSSR count). The molecule has 0 aliphatic rings. The number of benzene rings is 2. The van der Waals surface area contributed by atoms with Gasteiger partial charge in [-0.1, -0.05) is 51.4 Å². The topological polar surface area (TPSA) is 29.4 Å². The highest BCUT2D eigenvalue weighted by molar-refractivity contribution is 9.10. The Morgan fingerprint density at radius 2 is 1.79 bits per heavy atom. The van der Waals surface area contributed by atoms with Crippen LogP contribution >= 0.6 is 15.9 Å². The lowest BCUT2D eigenvalue weighted by Gasteiger charge is -2.04. The average Bonchev–Trinajstić information content (AvgIpc) is 2.23. The van der Waals surface area contributed by atoms with Crippen LogP contribution in [0.15, 0.2) is 46.0 Å². The van der Waals surface area contributed by atoms with E-state index in [0.29, 0.717) is 0 Å². The molecule has 0 aliphatic heterocycles. The van der Waals surface area contributed by atoms with Crippen molar-refractivity contribution >= 4 is 26.7 Å². The van der Waals surface area contributed by atoms with Gasteiger partial charge in [0.25, 0.3) is 0 Å². The van der Waals surface area contributed by atoms with E-state index in [1.54, 1.807) is 0 Å². The Labute approximate surface area is 90.0 Å². The second-order valence-electron chi connectivity index (χ2n) is 3.04. The third-order valence-corrected chi connectivity index (χ3v) is 2.89. The highest BCUT2D eigenvalue weighted by Crippen LogP contribution is 2.27. The van der Waals surface area contributed by atoms with Crippen molar-refractivity contribution in [3.63, 3.8) is 0 Å². The van der Waals surface area contributed by atoms with E-state index in [1.807, 2.05) is 36.4 Å². The van der Waals surface area contributed by atoms with Crippen LogP contribution in [0.25, 0.3) is 10.8 Å². The molecular formula is C11H8BrNO. The monoisotopic (exact) mass is 249 g/mol. The molecule has 0 atom stereocenters. The Kier molecular flexibility index (Phi) is 2.59. The van der Waals surface area contributed by atoms with Gasteiger partial charge in [0.1, 0.15) is 6.54 Å². The first-order chi connectivity index (χ1) is 6.83. The van der Waals surface area contributed by atoms with Crippen molar-refractivity contribution in [2.75, 3.05) is 0 Å². The molecule has 0 aromatic heterocycles. The molecule has 0 fully saturated rings. The molecule has 2 aromatic rings. The van der Waals surface area contributed by atoms with Gasteiger partial charge in [-0.05, 0) is 22.4 Å². The molecule has 0 N–H and O–H groups in total. The van der Waals surface area contributed by atoms with Crippen LogP contribution in [-0.4, -0.2) is 0 Å². The van der Waals surface area contributed by atoms with Crippen LogP contribution in [0.1, 0.15) is 5.56 Å². The summed E-state index contributed by atoms with van der Waals surface area (Å²) < 4.78 is 1.04. The molecule has 0 aliphatic carbocycles. The van der Waals surface area contributed by atoms with Gasteiger partial charge in [-0.25, -0.2) is 0 Å². The number of nitrogens with zero attached hydrogens (tertiary/aromatic N) is 1. The summed E-state index contributed by atoms with van der Waals surface area (Å²) in [7, 11) is 0. The average molecular weight is 250 g/mol. The van der Waals surface area contributed by atoms with Gasteiger partial charge in [0.05, 0.1) is 0 Å². The van der Waals surface area contributed by atoms with Crippen LogP contribution in [-0.2, 0) is 6.54 Å². The van der Waals surface area contributed by atoms with Gasteiger partial charge in [-0.3, -0.25) is 0 Å². The van der Waals surface area contributed by atoms with Crippen molar-refractivity contribution in [2.24, 2.45) is 5.18 Å². The maximum atomic E-state index is 10.2. The molecule has 2 nitrogen and oxygen atoms in total. The number of rotatable bonds is 2. The predicted molar refractivity (Wildman–Crippen MR) is 61.1 cm³/mol. The van der Waals surface area contributed by atoms with Gasteiger partial charge < -0.3 is 0 Å². The third-order valence-electron chi connectivity index (χ3n) is 2.20. The standard InChI is InChI=1S/C11H8BrNO/c12-11-6-5-8(7-13-14)9-3-1-2-4-10(9)11/h1-6H,7H2. The highest BCUT2D eigenvalue weighted by Gasteiger charge is 2.02. The number of nitroso groups, excluding NO2 is 1. The largest absolute Gasteiger partial charge is 0.150 e. The third kappa shape index (κ3) is 1.55. The molecular weight excluding hydrogens is 242 g/mol. The van der Waals surface area contributed by atoms with Gasteiger partial charge in [-0.2, -0.15) is 4.91 Å². The van der Waals surface area contributed by atoms with Gasteiger partial charge in [0.2, 0.25) is 0 Å². The van der Waals surface area contributed by atoms with Crippen LogP contribution in [0.2, 0.25) is 0 Å². The summed E-state index contributed by atoms with van der Waals surface area (Å²) in [6, 6.07) is 11.8. The van der Waals surface area contributed by atoms with Gasteiger partial charge in [0.15, 0.2) is 0 Å². The minimum atomic E-state index is 0.230. The van der Waals surface area contributed by atoms with Crippen LogP contribution in [0.3, 0.4) is 0 Å². The number of hydrogen-bond donors (Lipinski definition) is 0. The summed E-state index contributed by atoms with van der Waals surface area (Å²) >= 11 is 3.47. The van der Waals surface area contributed by atoms with Crippen LogP contribution in [0.5, 0.6) is 0 Å². The van der Waals surface area contributed by atoms with E-state index >= 15 is 0 Å². The Balaban J connectivity index is 2.74. The van der Waals surface area contributed by atoms with Gasteiger partial charge in [0, 0.05) is 4.47 Å². The summed E-state index contributed by atoms with van der Waals surface area (Å²) in [4.78, 5) is 10.2. The Hall–Kier alpha value is -1.22. The summed E-state index contributed by atoms with van der Waals surface area (Å²) in [6.07, 6.45) is 0. The van der Waals surface area contributed by atoms with E-state index in [-0.39, 0.29) is 6.54 Å². The molecule has 70 valence electrons. The zero-order valence-electron chi connectivity index (χ0n) is 7.40. The van der Waals surface area contributed by atoms with Crippen molar-refractivity contribution < 1.29 is 0 Å². The van der Waals surface area contributed by atoms with E-state index in [9.17, 15) is 4.91 Å². The number of hydrogen-bond acceptors (Lipinski definition) is 2. The SMILES string of the molecule is O=NCc1ccc(Br)c2ccccc12. The van der Waals surface area contributed by atoms with Crippen molar-refractivity contribution in [3.8, 4) is 0 Å². The normalized spacial score (nSPS) is 10.4. The summed E-state index contributed by atoms with van der Waals surface area (Å²) in [5, 5.41) is 5.12. The number of halogens is 1. The van der Waals surface area contributed by atoms with E-state index < -0.39 is 0 Å². The first-order valence-corrected chi connectivity index (χ1v) is 5.07. The fraction of sp³-hybridized carbons (Fsp3) is 0.0909. The van der Waals surface area contributed by atoms with Crippen molar-refractivity contribution in [2.45, 2.75) is 6.54 Å². The number of fused-ring (bicyclic) bond motifs is 1. The molecule has 0 bridgehead atoms. The lowest BCUT2D eigenvalue weighted by Crippen LogP contribution is -1.84. The molecule has 3 heteroatoms. The molecule has 2 aromatic carbocycles. The molecule has 0 amide bonds. The lowest BCUT2D eigenvalue weighted by molar-refractivity contribution is 1.07. The van der Waals surface area contributed by atoms with Gasteiger partial charge >= 0.3 is 0 Å². The first-order valence-electron chi connectivity index (χ1n) is 4.28. The van der Waals surface area contributed by atoms with Crippen LogP contribution < -0.4 is 0 Å². The maximum absolute atomic E-state index is 10.2. The highest BCUT2D eigenvalue weighted by atomic mass is 79.9. The van der Waals surface area contributed by atoms with E-state index in [0.717, 1.165) is 20.8 Å². The second-order valence-corrected chi connectivity index (χ2v) is 3.89. The predicted octanol–water partition coefficient (Wildman–Crippen LogP) is 3.87. The Morgan fingerprint density at radius 1 is 1.07 bits per heavy atom. The quantitative estimate of drug-likeness (QED) is 0.744. The van der Waals surface area contributed by atoms with E-state index in [2.05, 4.69) is 21.1 Å². The smallest absolute Gasteiger partial charge is 0.107 e. The molecule has 0 unspecified atom stereocenters. The first kappa shape index (κ1) is 9.34. The second kappa shape index (κ2) is 3.88. The Morgan fingerprint density at radius 3 is 2.50 bits per heavy atom. The van der Waals surface area contributed by atoms with Crippen molar-refractivity contribution in [3.05, 3.63) is 51.3 Å². The minimum absolute atomic E-state index is 0.230. The van der Waals surface area contributed by atoms with Crippen LogP contribution in [0, 0.1) is 4.91 Å². The zero-order valence-corrected chi connectivity index (χ0v) is 8.99. The fourth-order valence-corrected chi connectivity index (χ4v) is 2.01. The Bertz CT molecular complexity index is 482. The summed E-state index contributed by atoms with van der Waals surface area (Å²) in [5.41, 5.74) is 0.971.